The van der Waals surface area contributed by atoms with Crippen LogP contribution in [0.5, 0.6) is 5.75 Å². The largest absolute Gasteiger partial charge is 0.497 e. The number of hydrogen-bond acceptors (Lipinski definition) is 2. The van der Waals surface area contributed by atoms with Gasteiger partial charge in [0.2, 0.25) is 0 Å². The van der Waals surface area contributed by atoms with Gasteiger partial charge in [-0.2, -0.15) is 0 Å². The van der Waals surface area contributed by atoms with Crippen molar-refractivity contribution < 1.29 is 14.6 Å². The molecule has 1 atom stereocenters. The van der Waals surface area contributed by atoms with E-state index in [9.17, 15) is 9.90 Å². The van der Waals surface area contributed by atoms with E-state index < -0.39 is 11.9 Å². The summed E-state index contributed by atoms with van der Waals surface area (Å²) in [6, 6.07) is 20.9. The highest BCUT2D eigenvalue weighted by Crippen LogP contribution is 2.29. The summed E-state index contributed by atoms with van der Waals surface area (Å²) in [4.78, 5) is 11.8. The van der Waals surface area contributed by atoms with Crippen LogP contribution in [0.1, 0.15) is 17.0 Å². The van der Waals surface area contributed by atoms with E-state index in [2.05, 4.69) is 0 Å². The van der Waals surface area contributed by atoms with E-state index in [4.69, 9.17) is 4.74 Å². The van der Waals surface area contributed by atoms with Crippen molar-refractivity contribution in [3.63, 3.8) is 0 Å². The van der Waals surface area contributed by atoms with E-state index in [1.54, 1.807) is 31.4 Å². The second-order valence-electron chi connectivity index (χ2n) is 5.15. The van der Waals surface area contributed by atoms with E-state index in [-0.39, 0.29) is 0 Å². The van der Waals surface area contributed by atoms with Crippen molar-refractivity contribution in [2.75, 3.05) is 7.11 Å². The first-order valence-electron chi connectivity index (χ1n) is 7.04. The van der Waals surface area contributed by atoms with Gasteiger partial charge in [0.05, 0.1) is 7.11 Å². The van der Waals surface area contributed by atoms with Crippen LogP contribution < -0.4 is 4.74 Å². The third-order valence-corrected chi connectivity index (χ3v) is 3.80. The van der Waals surface area contributed by atoms with Gasteiger partial charge in [-0.3, -0.25) is 4.79 Å². The lowest BCUT2D eigenvalue weighted by Gasteiger charge is -2.14. The molecule has 0 aliphatic rings. The molecule has 3 heteroatoms. The Hall–Kier alpha value is -2.81. The number of carbonyl (C=O) groups is 1. The Balaban J connectivity index is 2.06. The number of fused-ring (bicyclic) bond motifs is 1. The molecule has 0 fully saturated rings. The van der Waals surface area contributed by atoms with Gasteiger partial charge in [0.1, 0.15) is 11.7 Å². The van der Waals surface area contributed by atoms with Crippen molar-refractivity contribution in [3.8, 4) is 5.75 Å². The number of rotatable bonds is 4. The second kappa shape index (κ2) is 5.90. The highest BCUT2D eigenvalue weighted by atomic mass is 16.5. The van der Waals surface area contributed by atoms with Gasteiger partial charge >= 0.3 is 5.97 Å². The van der Waals surface area contributed by atoms with Crippen molar-refractivity contribution in [1.29, 1.82) is 0 Å². The molecule has 3 nitrogen and oxygen atoms in total. The van der Waals surface area contributed by atoms with Crippen molar-refractivity contribution in [2.45, 2.75) is 5.92 Å². The Labute approximate surface area is 128 Å². The van der Waals surface area contributed by atoms with Gasteiger partial charge < -0.3 is 9.84 Å². The summed E-state index contributed by atoms with van der Waals surface area (Å²) in [5.74, 6) is -0.831. The third kappa shape index (κ3) is 2.66. The summed E-state index contributed by atoms with van der Waals surface area (Å²) in [7, 11) is 1.59. The Bertz CT molecular complexity index is 806. The average molecular weight is 292 g/mol. The molecule has 0 saturated carbocycles. The van der Waals surface area contributed by atoms with Crippen LogP contribution in [0.3, 0.4) is 0 Å². The molecule has 0 saturated heterocycles. The van der Waals surface area contributed by atoms with Crippen molar-refractivity contribution in [2.24, 2.45) is 0 Å². The molecule has 0 aliphatic carbocycles. The van der Waals surface area contributed by atoms with E-state index in [0.717, 1.165) is 21.9 Å². The lowest BCUT2D eigenvalue weighted by Crippen LogP contribution is -2.13. The van der Waals surface area contributed by atoms with Gasteiger partial charge in [-0.25, -0.2) is 0 Å². The number of hydrogen-bond donors (Lipinski definition) is 1. The Kier molecular flexibility index (Phi) is 3.79. The number of benzene rings is 3. The lowest BCUT2D eigenvalue weighted by atomic mass is 9.90. The van der Waals surface area contributed by atoms with Crippen molar-refractivity contribution >= 4 is 16.7 Å². The zero-order valence-corrected chi connectivity index (χ0v) is 12.2. The van der Waals surface area contributed by atoms with E-state index >= 15 is 0 Å². The van der Waals surface area contributed by atoms with Crippen LogP contribution >= 0.6 is 0 Å². The molecule has 0 aliphatic heterocycles. The SMILES string of the molecule is COc1ccc(C(C(=O)O)c2ccc3ccccc3c2)cc1. The monoisotopic (exact) mass is 292 g/mol. The van der Waals surface area contributed by atoms with Crippen LogP contribution in [0.15, 0.2) is 66.7 Å². The summed E-state index contributed by atoms with van der Waals surface area (Å²) in [5.41, 5.74) is 1.51. The van der Waals surface area contributed by atoms with Crippen LogP contribution in [0, 0.1) is 0 Å². The molecule has 0 aromatic heterocycles. The molecular weight excluding hydrogens is 276 g/mol. The lowest BCUT2D eigenvalue weighted by molar-refractivity contribution is -0.137. The first kappa shape index (κ1) is 14.1. The fourth-order valence-electron chi connectivity index (χ4n) is 2.66. The van der Waals surface area contributed by atoms with Crippen LogP contribution in [0.4, 0.5) is 0 Å². The first-order chi connectivity index (χ1) is 10.7. The number of carboxylic acids is 1. The molecule has 0 spiro atoms. The van der Waals surface area contributed by atoms with Gasteiger partial charge in [0.25, 0.3) is 0 Å². The van der Waals surface area contributed by atoms with Crippen LogP contribution in [0.2, 0.25) is 0 Å². The summed E-state index contributed by atoms with van der Waals surface area (Å²) in [6.45, 7) is 0. The Morgan fingerprint density at radius 1 is 0.909 bits per heavy atom. The van der Waals surface area contributed by atoms with Crippen molar-refractivity contribution in [3.05, 3.63) is 77.9 Å². The third-order valence-electron chi connectivity index (χ3n) is 3.80. The van der Waals surface area contributed by atoms with Crippen molar-refractivity contribution in [1.82, 2.24) is 0 Å². The van der Waals surface area contributed by atoms with Gasteiger partial charge in [-0.15, -0.1) is 0 Å². The topological polar surface area (TPSA) is 46.5 Å². The highest BCUT2D eigenvalue weighted by molar-refractivity contribution is 5.86. The predicted molar refractivity (Wildman–Crippen MR) is 86.4 cm³/mol. The Morgan fingerprint density at radius 3 is 2.18 bits per heavy atom. The highest BCUT2D eigenvalue weighted by Gasteiger charge is 2.22. The fourth-order valence-corrected chi connectivity index (χ4v) is 2.66. The molecule has 3 aromatic carbocycles. The molecule has 1 N–H and O–H groups in total. The molecule has 0 bridgehead atoms. The second-order valence-corrected chi connectivity index (χ2v) is 5.15. The van der Waals surface area contributed by atoms with Gasteiger partial charge in [-0.1, -0.05) is 48.5 Å². The average Bonchev–Trinajstić information content (AvgIpc) is 2.55. The van der Waals surface area contributed by atoms with Gasteiger partial charge in [-0.05, 0) is 40.1 Å². The molecule has 0 radical (unpaired) electrons. The summed E-state index contributed by atoms with van der Waals surface area (Å²) in [6.07, 6.45) is 0. The van der Waals surface area contributed by atoms with Crippen LogP contribution in [-0.2, 0) is 4.79 Å². The minimum atomic E-state index is -0.861. The number of methoxy groups -OCH3 is 1. The van der Waals surface area contributed by atoms with E-state index in [0.29, 0.717) is 5.75 Å². The minimum absolute atomic E-state index is 0.685. The standard InChI is InChI=1S/C19H16O3/c1-22-17-10-8-14(9-11-17)18(19(20)21)16-7-6-13-4-2-3-5-15(13)12-16/h2-12,18H,1H3,(H,20,21). The number of aliphatic carboxylic acids is 1. The molecule has 3 rings (SSSR count). The molecule has 0 amide bonds. The maximum absolute atomic E-state index is 11.8. The zero-order valence-electron chi connectivity index (χ0n) is 12.2. The summed E-state index contributed by atoms with van der Waals surface area (Å²) in [5, 5.41) is 11.8. The smallest absolute Gasteiger partial charge is 0.315 e. The maximum Gasteiger partial charge on any atom is 0.315 e. The zero-order chi connectivity index (χ0) is 15.5. The van der Waals surface area contributed by atoms with Gasteiger partial charge in [0.15, 0.2) is 0 Å². The quantitative estimate of drug-likeness (QED) is 0.788. The summed E-state index contributed by atoms with van der Waals surface area (Å²) >= 11 is 0. The molecular formula is C19H16O3. The molecule has 22 heavy (non-hydrogen) atoms. The molecule has 1 unspecified atom stereocenters. The molecule has 3 aromatic rings. The first-order valence-corrected chi connectivity index (χ1v) is 7.04. The fraction of sp³-hybridized carbons (Fsp3) is 0.105. The number of ether oxygens (including phenoxy) is 1. The predicted octanol–water partition coefficient (Wildman–Crippen LogP) is 4.06. The normalized spacial score (nSPS) is 12.0. The van der Waals surface area contributed by atoms with E-state index in [1.165, 1.54) is 0 Å². The minimum Gasteiger partial charge on any atom is -0.497 e. The Morgan fingerprint density at radius 2 is 1.55 bits per heavy atom. The molecule has 0 heterocycles. The van der Waals surface area contributed by atoms with E-state index in [1.807, 2.05) is 42.5 Å². The number of carboxylic acid groups (broad SMARTS) is 1. The molecule has 110 valence electrons. The maximum atomic E-state index is 11.8. The van der Waals surface area contributed by atoms with Crippen LogP contribution in [0.25, 0.3) is 10.8 Å². The van der Waals surface area contributed by atoms with Crippen LogP contribution in [-0.4, -0.2) is 18.2 Å². The van der Waals surface area contributed by atoms with Gasteiger partial charge in [0, 0.05) is 0 Å². The summed E-state index contributed by atoms with van der Waals surface area (Å²) < 4.78 is 5.13.